The number of aromatic nitrogens is 2. The van der Waals surface area contributed by atoms with Crippen molar-refractivity contribution in [1.29, 1.82) is 0 Å². The molecular weight excluding hydrogens is 346 g/mol. The fraction of sp³-hybridized carbons (Fsp3) is 0.412. The molecule has 0 aliphatic rings. The highest BCUT2D eigenvalue weighted by atomic mass is 35.5. The Morgan fingerprint density at radius 1 is 1.17 bits per heavy atom. The quantitative estimate of drug-likeness (QED) is 0.785. The fourth-order valence-electron chi connectivity index (χ4n) is 2.51. The summed E-state index contributed by atoms with van der Waals surface area (Å²) in [6.07, 6.45) is 3.33. The van der Waals surface area contributed by atoms with Crippen molar-refractivity contribution in [3.05, 3.63) is 41.3 Å². The first-order valence-electron chi connectivity index (χ1n) is 8.05. The summed E-state index contributed by atoms with van der Waals surface area (Å²) in [5.41, 5.74) is 0.479. The van der Waals surface area contributed by atoms with Gasteiger partial charge in [-0.15, -0.1) is 0 Å². The molecule has 1 aromatic carbocycles. The zero-order valence-electron chi connectivity index (χ0n) is 14.1. The van der Waals surface area contributed by atoms with E-state index >= 15 is 0 Å². The first-order valence-corrected chi connectivity index (χ1v) is 9.97. The highest BCUT2D eigenvalue weighted by Crippen LogP contribution is 2.31. The predicted octanol–water partition coefficient (Wildman–Crippen LogP) is 4.40. The van der Waals surface area contributed by atoms with E-state index in [1.165, 1.54) is 6.20 Å². The molecule has 0 fully saturated rings. The summed E-state index contributed by atoms with van der Waals surface area (Å²) in [6, 6.07) is 6.84. The standard InChI is InChI=1S/C17H22ClN3O2S/c1-4-12(5-2)24(22,23)15-10-8-7-9-14(15)20-17-13(18)11-19-16(6-3)21-17/h7-12H,4-6H2,1-3H3,(H,19,20,21). The number of benzene rings is 1. The predicted molar refractivity (Wildman–Crippen MR) is 97.7 cm³/mol. The lowest BCUT2D eigenvalue weighted by Gasteiger charge is -2.18. The Morgan fingerprint density at radius 2 is 1.83 bits per heavy atom. The third kappa shape index (κ3) is 3.87. The molecule has 0 unspecified atom stereocenters. The van der Waals surface area contributed by atoms with Crippen LogP contribution >= 0.6 is 11.6 Å². The maximum Gasteiger partial charge on any atom is 0.183 e. The van der Waals surface area contributed by atoms with Gasteiger partial charge >= 0.3 is 0 Å². The van der Waals surface area contributed by atoms with Gasteiger partial charge in [0.15, 0.2) is 15.7 Å². The van der Waals surface area contributed by atoms with Crippen molar-refractivity contribution in [2.45, 2.75) is 50.2 Å². The summed E-state index contributed by atoms with van der Waals surface area (Å²) < 4.78 is 25.8. The molecule has 1 N–H and O–H groups in total. The number of aryl methyl sites for hydroxylation is 1. The molecule has 5 nitrogen and oxygen atoms in total. The maximum absolute atomic E-state index is 12.9. The second kappa shape index (κ2) is 7.94. The van der Waals surface area contributed by atoms with E-state index in [0.717, 1.165) is 0 Å². The van der Waals surface area contributed by atoms with E-state index in [4.69, 9.17) is 11.6 Å². The van der Waals surface area contributed by atoms with Gasteiger partial charge in [-0.25, -0.2) is 18.4 Å². The van der Waals surface area contributed by atoms with Crippen LogP contribution in [0, 0.1) is 0 Å². The molecule has 1 aromatic heterocycles. The van der Waals surface area contributed by atoms with E-state index in [0.29, 0.717) is 41.6 Å². The number of halogens is 1. The van der Waals surface area contributed by atoms with Crippen molar-refractivity contribution in [2.24, 2.45) is 0 Å². The van der Waals surface area contributed by atoms with Gasteiger partial charge < -0.3 is 5.32 Å². The zero-order valence-corrected chi connectivity index (χ0v) is 15.7. The van der Waals surface area contributed by atoms with E-state index in [1.807, 2.05) is 20.8 Å². The number of nitrogens with one attached hydrogen (secondary N) is 1. The van der Waals surface area contributed by atoms with Gasteiger partial charge in [-0.2, -0.15) is 0 Å². The van der Waals surface area contributed by atoms with Gasteiger partial charge in [0.1, 0.15) is 10.8 Å². The Kier molecular flexibility index (Phi) is 6.18. The van der Waals surface area contributed by atoms with Crippen LogP contribution in [0.4, 0.5) is 11.5 Å². The van der Waals surface area contributed by atoms with E-state index < -0.39 is 15.1 Å². The molecule has 0 atom stereocenters. The van der Waals surface area contributed by atoms with Crippen LogP contribution in [-0.4, -0.2) is 23.6 Å². The number of nitrogens with zero attached hydrogens (tertiary/aromatic N) is 2. The average Bonchev–Trinajstić information content (AvgIpc) is 2.58. The van der Waals surface area contributed by atoms with Crippen molar-refractivity contribution in [1.82, 2.24) is 9.97 Å². The minimum absolute atomic E-state index is 0.270. The average molecular weight is 368 g/mol. The Hall–Kier alpha value is -1.66. The van der Waals surface area contributed by atoms with Crippen LogP contribution in [0.1, 0.15) is 39.4 Å². The van der Waals surface area contributed by atoms with Crippen molar-refractivity contribution in [2.75, 3.05) is 5.32 Å². The minimum Gasteiger partial charge on any atom is -0.338 e. The molecular formula is C17H22ClN3O2S. The fourth-order valence-corrected chi connectivity index (χ4v) is 4.58. The first-order chi connectivity index (χ1) is 11.4. The van der Waals surface area contributed by atoms with Gasteiger partial charge in [0, 0.05) is 6.42 Å². The molecule has 0 amide bonds. The molecule has 0 aliphatic carbocycles. The van der Waals surface area contributed by atoms with Gasteiger partial charge in [0.2, 0.25) is 0 Å². The van der Waals surface area contributed by atoms with Crippen LogP contribution < -0.4 is 5.32 Å². The molecule has 2 rings (SSSR count). The Balaban J connectivity index is 2.47. The van der Waals surface area contributed by atoms with Crippen LogP contribution in [0.5, 0.6) is 0 Å². The molecule has 1 heterocycles. The number of hydrogen-bond acceptors (Lipinski definition) is 5. The highest BCUT2D eigenvalue weighted by Gasteiger charge is 2.27. The Bertz CT molecular complexity index is 805. The minimum atomic E-state index is -3.43. The number of para-hydroxylation sites is 1. The van der Waals surface area contributed by atoms with Crippen molar-refractivity contribution in [3.8, 4) is 0 Å². The second-order valence-corrected chi connectivity index (χ2v) is 8.04. The van der Waals surface area contributed by atoms with Gasteiger partial charge in [-0.1, -0.05) is 44.5 Å². The zero-order chi connectivity index (χ0) is 17.7. The lowest BCUT2D eigenvalue weighted by atomic mass is 10.3. The van der Waals surface area contributed by atoms with Crippen molar-refractivity contribution in [3.63, 3.8) is 0 Å². The molecule has 0 radical (unpaired) electrons. The SMILES string of the molecule is CCc1ncc(Cl)c(Nc2ccccc2S(=O)(=O)C(CC)CC)n1. The van der Waals surface area contributed by atoms with Crippen LogP contribution in [-0.2, 0) is 16.3 Å². The monoisotopic (exact) mass is 367 g/mol. The molecule has 130 valence electrons. The normalized spacial score (nSPS) is 11.7. The summed E-state index contributed by atoms with van der Waals surface area (Å²) in [5.74, 6) is 1.05. The van der Waals surface area contributed by atoms with Crippen LogP contribution in [0.2, 0.25) is 5.02 Å². The van der Waals surface area contributed by atoms with Crippen LogP contribution in [0.15, 0.2) is 35.4 Å². The van der Waals surface area contributed by atoms with Gasteiger partial charge in [-0.05, 0) is 25.0 Å². The van der Waals surface area contributed by atoms with Crippen molar-refractivity contribution < 1.29 is 8.42 Å². The Morgan fingerprint density at radius 3 is 2.46 bits per heavy atom. The van der Waals surface area contributed by atoms with E-state index in [1.54, 1.807) is 24.3 Å². The third-order valence-electron chi connectivity index (χ3n) is 3.91. The summed E-state index contributed by atoms with van der Waals surface area (Å²) >= 11 is 6.15. The van der Waals surface area contributed by atoms with Crippen molar-refractivity contribution >= 4 is 32.9 Å². The van der Waals surface area contributed by atoms with E-state index in [9.17, 15) is 8.42 Å². The molecule has 24 heavy (non-hydrogen) atoms. The second-order valence-electron chi connectivity index (χ2n) is 5.44. The maximum atomic E-state index is 12.9. The van der Waals surface area contributed by atoms with E-state index in [-0.39, 0.29) is 4.90 Å². The first kappa shape index (κ1) is 18.7. The summed E-state index contributed by atoms with van der Waals surface area (Å²) in [5, 5.41) is 3.00. The molecule has 0 aliphatic heterocycles. The van der Waals surface area contributed by atoms with Crippen LogP contribution in [0.3, 0.4) is 0 Å². The molecule has 0 saturated carbocycles. The molecule has 0 saturated heterocycles. The third-order valence-corrected chi connectivity index (χ3v) is 6.70. The topological polar surface area (TPSA) is 72.0 Å². The largest absolute Gasteiger partial charge is 0.338 e. The van der Waals surface area contributed by atoms with Gasteiger partial charge in [0.25, 0.3) is 0 Å². The lowest BCUT2D eigenvalue weighted by molar-refractivity contribution is 0.572. The molecule has 7 heteroatoms. The van der Waals surface area contributed by atoms with Gasteiger partial charge in [0.05, 0.1) is 22.0 Å². The van der Waals surface area contributed by atoms with Crippen LogP contribution in [0.25, 0.3) is 0 Å². The number of anilines is 2. The smallest absolute Gasteiger partial charge is 0.183 e. The molecule has 0 bridgehead atoms. The summed E-state index contributed by atoms with van der Waals surface area (Å²) in [4.78, 5) is 8.74. The van der Waals surface area contributed by atoms with E-state index in [2.05, 4.69) is 15.3 Å². The highest BCUT2D eigenvalue weighted by molar-refractivity contribution is 7.92. The number of rotatable bonds is 7. The number of hydrogen-bond donors (Lipinski definition) is 1. The number of sulfone groups is 1. The molecule has 0 spiro atoms. The molecule has 2 aromatic rings. The lowest BCUT2D eigenvalue weighted by Crippen LogP contribution is -2.20. The summed E-state index contributed by atoms with van der Waals surface area (Å²) in [7, 11) is -3.43. The Labute approximate surface area is 148 Å². The summed E-state index contributed by atoms with van der Waals surface area (Å²) in [6.45, 7) is 5.71. The van der Waals surface area contributed by atoms with Gasteiger partial charge in [-0.3, -0.25) is 0 Å².